The number of nitrogens with zero attached hydrogens (tertiary/aromatic N) is 1. The van der Waals surface area contributed by atoms with Crippen LogP contribution in [-0.4, -0.2) is 17.7 Å². The number of nitriles is 1. The molecule has 0 atom stereocenters. The van der Waals surface area contributed by atoms with Crippen molar-refractivity contribution < 1.29 is 23.4 Å². The minimum atomic E-state index is -2.99. The zero-order valence-electron chi connectivity index (χ0n) is 12.9. The normalized spacial score (nSPS) is 10.9. The van der Waals surface area contributed by atoms with Crippen LogP contribution in [-0.2, 0) is 10.7 Å². The van der Waals surface area contributed by atoms with Gasteiger partial charge in [0.2, 0.25) is 0 Å². The zero-order valence-corrected chi connectivity index (χ0v) is 12.9. The summed E-state index contributed by atoms with van der Waals surface area (Å²) in [6, 6.07) is 12.2. The van der Waals surface area contributed by atoms with Crippen LogP contribution < -0.4 is 4.74 Å². The lowest BCUT2D eigenvalue weighted by Crippen LogP contribution is -2.13. The third-order valence-corrected chi connectivity index (χ3v) is 3.52. The molecule has 0 saturated heterocycles. The molecule has 24 heavy (non-hydrogen) atoms. The Morgan fingerprint density at radius 3 is 2.46 bits per heavy atom. The fourth-order valence-electron chi connectivity index (χ4n) is 2.18. The Bertz CT molecular complexity index is 780. The van der Waals surface area contributed by atoms with E-state index in [0.29, 0.717) is 16.7 Å². The lowest BCUT2D eigenvalue weighted by atomic mass is 9.97. The number of hydrogen-bond donors (Lipinski definition) is 1. The molecule has 0 radical (unpaired) electrons. The van der Waals surface area contributed by atoms with E-state index >= 15 is 0 Å². The van der Waals surface area contributed by atoms with Gasteiger partial charge in [-0.2, -0.15) is 5.26 Å². The van der Waals surface area contributed by atoms with Gasteiger partial charge in [0.05, 0.1) is 11.6 Å². The van der Waals surface area contributed by atoms with E-state index in [2.05, 4.69) is 0 Å². The zero-order chi connectivity index (χ0) is 17.7. The molecule has 6 heteroatoms. The molecule has 4 nitrogen and oxygen atoms in total. The number of ether oxygens (including phenoxy) is 1. The Balaban J connectivity index is 2.51. The number of hydrogen-bond acceptors (Lipinski definition) is 3. The Hall–Kier alpha value is -2.94. The average molecular weight is 331 g/mol. The molecular formula is C18H15F2NO3. The highest BCUT2D eigenvalue weighted by molar-refractivity contribution is 5.73. The molecule has 0 amide bonds. The Labute approximate surface area is 137 Å². The summed E-state index contributed by atoms with van der Waals surface area (Å²) >= 11 is 0. The van der Waals surface area contributed by atoms with Crippen molar-refractivity contribution in [1.29, 1.82) is 5.26 Å². The van der Waals surface area contributed by atoms with E-state index in [1.807, 2.05) is 6.07 Å². The van der Waals surface area contributed by atoms with Gasteiger partial charge >= 0.3 is 5.97 Å². The number of aliphatic carboxylic acids is 1. The van der Waals surface area contributed by atoms with Crippen LogP contribution in [0.5, 0.6) is 5.75 Å². The molecule has 2 aromatic rings. The number of alkyl halides is 2. The molecule has 0 aromatic heterocycles. The van der Waals surface area contributed by atoms with Crippen LogP contribution in [0.1, 0.15) is 24.5 Å². The second-order valence-electron chi connectivity index (χ2n) is 5.14. The monoisotopic (exact) mass is 331 g/mol. The minimum absolute atomic E-state index is 0.174. The summed E-state index contributed by atoms with van der Waals surface area (Å²) in [4.78, 5) is 10.7. The average Bonchev–Trinajstić information content (AvgIpc) is 2.59. The van der Waals surface area contributed by atoms with Gasteiger partial charge in [0.15, 0.2) is 6.61 Å². The molecular weight excluding hydrogens is 316 g/mol. The van der Waals surface area contributed by atoms with Crippen molar-refractivity contribution in [3.05, 3.63) is 53.6 Å². The molecule has 0 aliphatic rings. The molecule has 0 aliphatic heterocycles. The van der Waals surface area contributed by atoms with E-state index in [1.54, 1.807) is 24.3 Å². The molecule has 0 spiro atoms. The first-order chi connectivity index (χ1) is 11.4. The topological polar surface area (TPSA) is 70.3 Å². The van der Waals surface area contributed by atoms with Crippen LogP contribution in [0.4, 0.5) is 8.78 Å². The van der Waals surface area contributed by atoms with Gasteiger partial charge in [-0.05, 0) is 35.9 Å². The molecule has 1 N–H and O–H groups in total. The van der Waals surface area contributed by atoms with Crippen LogP contribution in [0.25, 0.3) is 11.1 Å². The number of benzene rings is 2. The smallest absolute Gasteiger partial charge is 0.341 e. The van der Waals surface area contributed by atoms with Crippen LogP contribution in [0.3, 0.4) is 0 Å². The summed E-state index contributed by atoms with van der Waals surface area (Å²) < 4.78 is 33.1. The van der Waals surface area contributed by atoms with E-state index in [4.69, 9.17) is 15.1 Å². The van der Waals surface area contributed by atoms with Crippen molar-refractivity contribution in [1.82, 2.24) is 0 Å². The van der Waals surface area contributed by atoms with Crippen LogP contribution in [0.2, 0.25) is 0 Å². The van der Waals surface area contributed by atoms with Gasteiger partial charge in [0.1, 0.15) is 5.75 Å². The van der Waals surface area contributed by atoms with Crippen LogP contribution in [0.15, 0.2) is 42.5 Å². The maximum absolute atomic E-state index is 14.0. The quantitative estimate of drug-likeness (QED) is 0.861. The number of carboxylic acids is 1. The second kappa shape index (κ2) is 7.09. The number of rotatable bonds is 6. The molecule has 0 fully saturated rings. The Morgan fingerprint density at radius 1 is 1.25 bits per heavy atom. The maximum Gasteiger partial charge on any atom is 0.341 e. The van der Waals surface area contributed by atoms with Crippen molar-refractivity contribution in [3.63, 3.8) is 0 Å². The number of carboxylic acid groups (broad SMARTS) is 1. The lowest BCUT2D eigenvalue weighted by Gasteiger charge is -2.18. The summed E-state index contributed by atoms with van der Waals surface area (Å²) in [6.45, 7) is 0.809. The molecule has 0 saturated carbocycles. The summed E-state index contributed by atoms with van der Waals surface area (Å²) in [5.74, 6) is -3.96. The summed E-state index contributed by atoms with van der Waals surface area (Å²) in [5, 5.41) is 17.6. The fourth-order valence-corrected chi connectivity index (χ4v) is 2.18. The molecule has 0 aliphatic carbocycles. The summed E-state index contributed by atoms with van der Waals surface area (Å²) in [7, 11) is 0. The van der Waals surface area contributed by atoms with E-state index in [9.17, 15) is 13.6 Å². The van der Waals surface area contributed by atoms with Gasteiger partial charge in [-0.15, -0.1) is 0 Å². The van der Waals surface area contributed by atoms with E-state index in [1.165, 1.54) is 25.1 Å². The molecule has 0 bridgehead atoms. The van der Waals surface area contributed by atoms with E-state index in [-0.39, 0.29) is 17.7 Å². The van der Waals surface area contributed by atoms with E-state index < -0.39 is 18.5 Å². The maximum atomic E-state index is 14.0. The highest BCUT2D eigenvalue weighted by Gasteiger charge is 2.29. The minimum Gasteiger partial charge on any atom is -0.481 e. The van der Waals surface area contributed by atoms with Gasteiger partial charge < -0.3 is 9.84 Å². The first kappa shape index (κ1) is 17.4. The number of carbonyl (C=O) groups is 1. The third-order valence-electron chi connectivity index (χ3n) is 3.52. The summed E-state index contributed by atoms with van der Waals surface area (Å²) in [5.41, 5.74) is 1.17. The summed E-state index contributed by atoms with van der Waals surface area (Å²) in [6.07, 6.45) is -0.352. The second-order valence-corrected chi connectivity index (χ2v) is 5.14. The van der Waals surface area contributed by atoms with Gasteiger partial charge in [0.25, 0.3) is 5.92 Å². The van der Waals surface area contributed by atoms with Gasteiger partial charge in [-0.1, -0.05) is 19.1 Å². The van der Waals surface area contributed by atoms with Gasteiger partial charge in [-0.3, -0.25) is 0 Å². The highest BCUT2D eigenvalue weighted by Crippen LogP contribution is 2.38. The van der Waals surface area contributed by atoms with Crippen molar-refractivity contribution in [2.24, 2.45) is 0 Å². The predicted molar refractivity (Wildman–Crippen MR) is 83.9 cm³/mol. The van der Waals surface area contributed by atoms with Crippen molar-refractivity contribution in [3.8, 4) is 22.9 Å². The molecule has 2 rings (SSSR count). The first-order valence-corrected chi connectivity index (χ1v) is 7.25. The Kier molecular flexibility index (Phi) is 5.14. The molecule has 0 heterocycles. The molecule has 2 aromatic carbocycles. The fraction of sp³-hybridized carbons (Fsp3) is 0.222. The largest absolute Gasteiger partial charge is 0.481 e. The number of halogens is 2. The van der Waals surface area contributed by atoms with Crippen LogP contribution in [0, 0.1) is 11.3 Å². The molecule has 124 valence electrons. The van der Waals surface area contributed by atoms with Crippen molar-refractivity contribution >= 4 is 5.97 Å². The van der Waals surface area contributed by atoms with Crippen LogP contribution >= 0.6 is 0 Å². The first-order valence-electron chi connectivity index (χ1n) is 7.25. The van der Waals surface area contributed by atoms with Gasteiger partial charge in [0, 0.05) is 17.5 Å². The Morgan fingerprint density at radius 2 is 1.92 bits per heavy atom. The lowest BCUT2D eigenvalue weighted by molar-refractivity contribution is -0.139. The highest BCUT2D eigenvalue weighted by atomic mass is 19.3. The molecule has 0 unspecified atom stereocenters. The SMILES string of the molecule is CCC(F)(F)c1ccc(OCC(=O)O)c(-c2ccc(C#N)cc2)c1. The third kappa shape index (κ3) is 3.87. The predicted octanol–water partition coefficient (Wildman–Crippen LogP) is 4.19. The van der Waals surface area contributed by atoms with Gasteiger partial charge in [-0.25, -0.2) is 13.6 Å². The van der Waals surface area contributed by atoms with E-state index in [0.717, 1.165) is 0 Å². The van der Waals surface area contributed by atoms with Crippen molar-refractivity contribution in [2.45, 2.75) is 19.3 Å². The standard InChI is InChI=1S/C18H15F2NO3/c1-2-18(19,20)14-7-8-16(24-11-17(22)23)15(9-14)13-5-3-12(10-21)4-6-13/h3-9H,2,11H2,1H3,(H,22,23). The van der Waals surface area contributed by atoms with Crippen molar-refractivity contribution in [2.75, 3.05) is 6.61 Å².